The number of esters is 1. The van der Waals surface area contributed by atoms with E-state index in [-0.39, 0.29) is 12.3 Å². The van der Waals surface area contributed by atoms with E-state index in [1.54, 1.807) is 6.92 Å². The number of hydrogen-bond acceptors (Lipinski definition) is 3. The summed E-state index contributed by atoms with van der Waals surface area (Å²) < 4.78 is 30.1. The van der Waals surface area contributed by atoms with Crippen LogP contribution in [0.25, 0.3) is 0 Å². The lowest BCUT2D eigenvalue weighted by Gasteiger charge is -1.99. The molecule has 6 heteroatoms. The first kappa shape index (κ1) is 14.5. The number of halogens is 2. The standard InChI is InChI=1S/C8H10F2N2O2.C2H6/c1-3-14-8(13)6-4-5(7(9)10)11-12(6)2;1-2/h4,7H,3H2,1-2H3;1-2H3. The molecular weight excluding hydrogens is 218 g/mol. The average Bonchev–Trinajstić information content (AvgIpc) is 2.64. The molecule has 1 heterocycles. The molecule has 0 aliphatic rings. The summed E-state index contributed by atoms with van der Waals surface area (Å²) in [6.45, 7) is 5.84. The van der Waals surface area contributed by atoms with Crippen molar-refractivity contribution in [3.63, 3.8) is 0 Å². The van der Waals surface area contributed by atoms with Crippen molar-refractivity contribution < 1.29 is 18.3 Å². The first-order valence-corrected chi connectivity index (χ1v) is 5.05. The van der Waals surface area contributed by atoms with Crippen molar-refractivity contribution >= 4 is 5.97 Å². The number of carbonyl (C=O) groups excluding carboxylic acids is 1. The van der Waals surface area contributed by atoms with Crippen molar-refractivity contribution in [1.82, 2.24) is 9.78 Å². The average molecular weight is 234 g/mol. The molecule has 4 nitrogen and oxygen atoms in total. The van der Waals surface area contributed by atoms with Gasteiger partial charge in [-0.3, -0.25) is 4.68 Å². The maximum absolute atomic E-state index is 12.2. The van der Waals surface area contributed by atoms with Crippen LogP contribution in [0.15, 0.2) is 6.07 Å². The van der Waals surface area contributed by atoms with Crippen LogP contribution in [0.5, 0.6) is 0 Å². The third kappa shape index (κ3) is 3.60. The lowest BCUT2D eigenvalue weighted by atomic mass is 10.3. The Morgan fingerprint density at radius 2 is 2.12 bits per heavy atom. The van der Waals surface area contributed by atoms with E-state index in [0.717, 1.165) is 10.7 Å². The van der Waals surface area contributed by atoms with E-state index in [9.17, 15) is 13.6 Å². The van der Waals surface area contributed by atoms with Gasteiger partial charge in [0.05, 0.1) is 6.61 Å². The molecule has 0 radical (unpaired) electrons. The molecule has 0 amide bonds. The van der Waals surface area contributed by atoms with E-state index >= 15 is 0 Å². The van der Waals surface area contributed by atoms with Crippen molar-refractivity contribution in [3.05, 3.63) is 17.5 Å². The molecule has 92 valence electrons. The summed E-state index contributed by atoms with van der Waals surface area (Å²) in [5.41, 5.74) is -0.391. The van der Waals surface area contributed by atoms with Gasteiger partial charge in [0.2, 0.25) is 0 Å². The van der Waals surface area contributed by atoms with E-state index < -0.39 is 18.1 Å². The van der Waals surface area contributed by atoms with Gasteiger partial charge in [0, 0.05) is 7.05 Å². The largest absolute Gasteiger partial charge is 0.461 e. The van der Waals surface area contributed by atoms with Gasteiger partial charge in [-0.2, -0.15) is 5.10 Å². The third-order valence-corrected chi connectivity index (χ3v) is 1.61. The summed E-state index contributed by atoms with van der Waals surface area (Å²) >= 11 is 0. The Bertz CT molecular complexity index is 338. The lowest BCUT2D eigenvalue weighted by Crippen LogP contribution is -2.10. The monoisotopic (exact) mass is 234 g/mol. The molecule has 0 fully saturated rings. The fourth-order valence-corrected chi connectivity index (χ4v) is 0.992. The molecule has 1 rings (SSSR count). The topological polar surface area (TPSA) is 44.1 Å². The molecule has 0 spiro atoms. The molecule has 0 saturated heterocycles. The first-order chi connectivity index (χ1) is 7.56. The highest BCUT2D eigenvalue weighted by molar-refractivity contribution is 5.87. The van der Waals surface area contributed by atoms with Gasteiger partial charge in [0.25, 0.3) is 6.43 Å². The summed E-state index contributed by atoms with van der Waals surface area (Å²) in [6, 6.07) is 1.03. The number of carbonyl (C=O) groups is 1. The molecule has 0 bridgehead atoms. The van der Waals surface area contributed by atoms with Crippen molar-refractivity contribution in [1.29, 1.82) is 0 Å². The highest BCUT2D eigenvalue weighted by Crippen LogP contribution is 2.18. The van der Waals surface area contributed by atoms with Crippen LogP contribution in [0.2, 0.25) is 0 Å². The van der Waals surface area contributed by atoms with E-state index in [2.05, 4.69) is 9.84 Å². The highest BCUT2D eigenvalue weighted by atomic mass is 19.3. The fourth-order valence-electron chi connectivity index (χ4n) is 0.992. The predicted octanol–water partition coefficient (Wildman–Crippen LogP) is 2.56. The maximum Gasteiger partial charge on any atom is 0.356 e. The van der Waals surface area contributed by atoms with Gasteiger partial charge in [-0.05, 0) is 13.0 Å². The Labute approximate surface area is 93.2 Å². The molecule has 1 aromatic rings. The minimum atomic E-state index is -2.68. The van der Waals surface area contributed by atoms with Crippen molar-refractivity contribution in [2.45, 2.75) is 27.2 Å². The van der Waals surface area contributed by atoms with Gasteiger partial charge in [0.15, 0.2) is 0 Å². The van der Waals surface area contributed by atoms with E-state index in [1.807, 2.05) is 13.8 Å². The van der Waals surface area contributed by atoms with Crippen LogP contribution < -0.4 is 0 Å². The summed E-state index contributed by atoms with van der Waals surface area (Å²) in [6.07, 6.45) is -2.68. The molecule has 0 aliphatic heterocycles. The Balaban J connectivity index is 0.00000106. The molecule has 16 heavy (non-hydrogen) atoms. The van der Waals surface area contributed by atoms with Crippen LogP contribution in [0.1, 0.15) is 43.4 Å². The van der Waals surface area contributed by atoms with Gasteiger partial charge in [-0.15, -0.1) is 0 Å². The third-order valence-electron chi connectivity index (χ3n) is 1.61. The van der Waals surface area contributed by atoms with Crippen molar-refractivity contribution in [3.8, 4) is 0 Å². The number of rotatable bonds is 3. The smallest absolute Gasteiger partial charge is 0.356 e. The fraction of sp³-hybridized carbons (Fsp3) is 0.600. The van der Waals surface area contributed by atoms with Crippen LogP contribution in [0, 0.1) is 0 Å². The minimum absolute atomic E-state index is 0.0298. The number of ether oxygens (including phenoxy) is 1. The zero-order valence-corrected chi connectivity index (χ0v) is 9.83. The maximum atomic E-state index is 12.2. The first-order valence-electron chi connectivity index (χ1n) is 5.05. The van der Waals surface area contributed by atoms with E-state index in [4.69, 9.17) is 0 Å². The van der Waals surface area contributed by atoms with Gasteiger partial charge in [-0.1, -0.05) is 13.8 Å². The summed E-state index contributed by atoms with van der Waals surface area (Å²) in [5.74, 6) is -0.644. The zero-order valence-electron chi connectivity index (χ0n) is 9.83. The second-order valence-electron chi connectivity index (χ2n) is 2.60. The van der Waals surface area contributed by atoms with Crippen molar-refractivity contribution in [2.75, 3.05) is 6.61 Å². The number of aryl methyl sites for hydroxylation is 1. The molecular formula is C10H16F2N2O2. The Kier molecular flexibility index (Phi) is 6.29. The second-order valence-corrected chi connectivity index (χ2v) is 2.60. The summed E-state index contributed by atoms with van der Waals surface area (Å²) in [5, 5.41) is 3.48. The number of aromatic nitrogens is 2. The normalized spacial score (nSPS) is 9.69. The predicted molar refractivity (Wildman–Crippen MR) is 55.5 cm³/mol. The summed E-state index contributed by atoms with van der Waals surface area (Å²) in [7, 11) is 1.41. The van der Waals surface area contributed by atoms with Crippen LogP contribution in [0.4, 0.5) is 8.78 Å². The van der Waals surface area contributed by atoms with Crippen LogP contribution in [-0.2, 0) is 11.8 Å². The number of nitrogens with zero attached hydrogens (tertiary/aromatic N) is 2. The zero-order chi connectivity index (χ0) is 12.7. The van der Waals surface area contributed by atoms with Crippen LogP contribution in [0.3, 0.4) is 0 Å². The lowest BCUT2D eigenvalue weighted by molar-refractivity contribution is 0.0513. The molecule has 0 N–H and O–H groups in total. The molecule has 1 aromatic heterocycles. The van der Waals surface area contributed by atoms with Gasteiger partial charge < -0.3 is 4.74 Å². The quantitative estimate of drug-likeness (QED) is 0.755. The van der Waals surface area contributed by atoms with Gasteiger partial charge >= 0.3 is 5.97 Å². The number of alkyl halides is 2. The SMILES string of the molecule is CC.CCOC(=O)c1cc(C(F)F)nn1C. The molecule has 0 unspecified atom stereocenters. The van der Waals surface area contributed by atoms with Crippen LogP contribution >= 0.6 is 0 Å². The van der Waals surface area contributed by atoms with Gasteiger partial charge in [-0.25, -0.2) is 13.6 Å². The number of hydrogen-bond donors (Lipinski definition) is 0. The van der Waals surface area contributed by atoms with Gasteiger partial charge in [0.1, 0.15) is 11.4 Å². The minimum Gasteiger partial charge on any atom is -0.461 e. The van der Waals surface area contributed by atoms with E-state index in [0.29, 0.717) is 0 Å². The molecule has 0 aliphatic carbocycles. The Hall–Kier alpha value is -1.46. The second kappa shape index (κ2) is 6.92. The van der Waals surface area contributed by atoms with Crippen molar-refractivity contribution in [2.24, 2.45) is 7.05 Å². The Morgan fingerprint density at radius 3 is 2.50 bits per heavy atom. The molecule has 0 saturated carbocycles. The molecule has 0 aromatic carbocycles. The molecule has 0 atom stereocenters. The van der Waals surface area contributed by atoms with Crippen LogP contribution in [-0.4, -0.2) is 22.4 Å². The summed E-state index contributed by atoms with van der Waals surface area (Å²) in [4.78, 5) is 11.2. The van der Waals surface area contributed by atoms with E-state index in [1.165, 1.54) is 7.05 Å². The Morgan fingerprint density at radius 1 is 1.56 bits per heavy atom. The highest BCUT2D eigenvalue weighted by Gasteiger charge is 2.18.